The maximum Gasteiger partial charge on any atom is 0.355 e. The molecule has 0 unspecified atom stereocenters. The Labute approximate surface area is 170 Å². The molecule has 28 heavy (non-hydrogen) atoms. The van der Waals surface area contributed by atoms with Crippen molar-refractivity contribution in [2.24, 2.45) is 0 Å². The molecular formula is C20H16Cl2N2O4. The third kappa shape index (κ3) is 4.13. The molecule has 0 spiro atoms. The van der Waals surface area contributed by atoms with Crippen molar-refractivity contribution < 1.29 is 19.4 Å². The highest BCUT2D eigenvalue weighted by molar-refractivity contribution is 6.39. The second-order valence-electron chi connectivity index (χ2n) is 5.78. The van der Waals surface area contributed by atoms with Crippen LogP contribution < -0.4 is 5.32 Å². The van der Waals surface area contributed by atoms with Crippen molar-refractivity contribution in [2.75, 3.05) is 11.9 Å². The van der Waals surface area contributed by atoms with Crippen LogP contribution in [0.5, 0.6) is 5.75 Å². The molecule has 0 aliphatic heterocycles. The Kier molecular flexibility index (Phi) is 5.92. The van der Waals surface area contributed by atoms with Gasteiger partial charge in [-0.1, -0.05) is 35.3 Å². The van der Waals surface area contributed by atoms with E-state index >= 15 is 0 Å². The molecule has 1 amide bonds. The summed E-state index contributed by atoms with van der Waals surface area (Å²) in [4.78, 5) is 27.5. The van der Waals surface area contributed by atoms with Crippen molar-refractivity contribution in [2.45, 2.75) is 6.92 Å². The van der Waals surface area contributed by atoms with E-state index in [0.717, 1.165) is 0 Å². The number of carbonyl (C=O) groups excluding carboxylic acids is 2. The van der Waals surface area contributed by atoms with Crippen LogP contribution in [0, 0.1) is 0 Å². The predicted octanol–water partition coefficient (Wildman–Crippen LogP) is 5.01. The van der Waals surface area contributed by atoms with Crippen LogP contribution in [0.15, 0.2) is 42.5 Å². The molecule has 0 bridgehead atoms. The molecule has 0 atom stereocenters. The van der Waals surface area contributed by atoms with E-state index < -0.39 is 11.9 Å². The predicted molar refractivity (Wildman–Crippen MR) is 110 cm³/mol. The third-order valence-electron chi connectivity index (χ3n) is 3.90. The highest BCUT2D eigenvalue weighted by atomic mass is 35.5. The van der Waals surface area contributed by atoms with E-state index in [0.29, 0.717) is 26.5 Å². The highest BCUT2D eigenvalue weighted by Crippen LogP contribution is 2.33. The van der Waals surface area contributed by atoms with Crippen molar-refractivity contribution in [1.82, 2.24) is 4.98 Å². The zero-order valence-corrected chi connectivity index (χ0v) is 16.3. The van der Waals surface area contributed by atoms with Crippen LogP contribution in [0.25, 0.3) is 17.0 Å². The molecule has 0 fully saturated rings. The highest BCUT2D eigenvalue weighted by Gasteiger charge is 2.20. The number of nitrogens with one attached hydrogen (secondary N) is 2. The van der Waals surface area contributed by atoms with Gasteiger partial charge in [0.25, 0.3) is 0 Å². The monoisotopic (exact) mass is 418 g/mol. The van der Waals surface area contributed by atoms with Gasteiger partial charge < -0.3 is 20.1 Å². The number of esters is 1. The quantitative estimate of drug-likeness (QED) is 0.308. The van der Waals surface area contributed by atoms with Crippen molar-refractivity contribution in [3.8, 4) is 5.75 Å². The fraction of sp³-hybridized carbons (Fsp3) is 0.100. The van der Waals surface area contributed by atoms with Crippen molar-refractivity contribution in [3.63, 3.8) is 0 Å². The van der Waals surface area contributed by atoms with Gasteiger partial charge in [0.1, 0.15) is 11.4 Å². The first kappa shape index (κ1) is 19.8. The lowest BCUT2D eigenvalue weighted by atomic mass is 10.1. The minimum Gasteiger partial charge on any atom is -0.506 e. The standard InChI is InChI=1S/C20H16Cl2N2O4/c1-2-28-20(27)19-12(18-13(22)9-11(21)10-15(18)24-19)7-8-17(26)23-14-5-3-4-6-16(14)25/h3-10,24-25H,2H2,1H3,(H,23,26)/b8-7+. The number of anilines is 1. The summed E-state index contributed by atoms with van der Waals surface area (Å²) in [7, 11) is 0. The Morgan fingerprint density at radius 3 is 2.71 bits per heavy atom. The number of benzene rings is 2. The summed E-state index contributed by atoms with van der Waals surface area (Å²) in [6, 6.07) is 9.53. The van der Waals surface area contributed by atoms with E-state index in [1.807, 2.05) is 0 Å². The number of amides is 1. The van der Waals surface area contributed by atoms with Crippen LogP contribution in [-0.2, 0) is 9.53 Å². The van der Waals surface area contributed by atoms with Gasteiger partial charge in [-0.25, -0.2) is 4.79 Å². The molecule has 6 nitrogen and oxygen atoms in total. The van der Waals surface area contributed by atoms with Crippen LogP contribution in [0.2, 0.25) is 10.0 Å². The van der Waals surface area contributed by atoms with Crippen LogP contribution in [0.4, 0.5) is 5.69 Å². The number of carbonyl (C=O) groups is 2. The lowest BCUT2D eigenvalue weighted by molar-refractivity contribution is -0.111. The Hall–Kier alpha value is -2.96. The maximum absolute atomic E-state index is 12.3. The number of hydrogen-bond acceptors (Lipinski definition) is 4. The minimum atomic E-state index is -0.577. The van der Waals surface area contributed by atoms with Gasteiger partial charge >= 0.3 is 5.97 Å². The summed E-state index contributed by atoms with van der Waals surface area (Å²) in [6.07, 6.45) is 2.70. The molecular weight excluding hydrogens is 403 g/mol. The molecule has 1 aromatic heterocycles. The first-order chi connectivity index (χ1) is 13.4. The maximum atomic E-state index is 12.3. The molecule has 0 saturated carbocycles. The van der Waals surface area contributed by atoms with E-state index in [9.17, 15) is 14.7 Å². The van der Waals surface area contributed by atoms with Gasteiger partial charge in [-0.3, -0.25) is 4.79 Å². The molecule has 2 aromatic carbocycles. The molecule has 1 heterocycles. The Balaban J connectivity index is 1.99. The molecule has 0 saturated heterocycles. The number of H-pyrrole nitrogens is 1. The van der Waals surface area contributed by atoms with E-state index in [1.165, 1.54) is 18.2 Å². The van der Waals surface area contributed by atoms with Crippen molar-refractivity contribution >= 4 is 57.7 Å². The smallest absolute Gasteiger partial charge is 0.355 e. The second kappa shape index (κ2) is 8.37. The Morgan fingerprint density at radius 2 is 2.00 bits per heavy atom. The summed E-state index contributed by atoms with van der Waals surface area (Å²) >= 11 is 12.3. The first-order valence-electron chi connectivity index (χ1n) is 8.35. The summed E-state index contributed by atoms with van der Waals surface area (Å²) in [5.74, 6) is -1.12. The van der Waals surface area contributed by atoms with Gasteiger partial charge in [0.15, 0.2) is 0 Å². The molecule has 8 heteroatoms. The Morgan fingerprint density at radius 1 is 1.25 bits per heavy atom. The van der Waals surface area contributed by atoms with E-state index in [4.69, 9.17) is 27.9 Å². The van der Waals surface area contributed by atoms with Crippen LogP contribution >= 0.6 is 23.2 Å². The SMILES string of the molecule is CCOC(=O)c1[nH]c2cc(Cl)cc(Cl)c2c1/C=C/C(=O)Nc1ccccc1O. The van der Waals surface area contributed by atoms with E-state index in [2.05, 4.69) is 10.3 Å². The van der Waals surface area contributed by atoms with Crippen LogP contribution in [0.1, 0.15) is 23.0 Å². The average Bonchev–Trinajstić information content (AvgIpc) is 3.01. The number of rotatable bonds is 5. The number of halogens is 2. The molecule has 0 radical (unpaired) electrons. The van der Waals surface area contributed by atoms with Crippen LogP contribution in [-0.4, -0.2) is 28.6 Å². The largest absolute Gasteiger partial charge is 0.506 e. The second-order valence-corrected chi connectivity index (χ2v) is 6.63. The van der Waals surface area contributed by atoms with Gasteiger partial charge in [0.05, 0.1) is 17.3 Å². The normalized spacial score (nSPS) is 11.1. The summed E-state index contributed by atoms with van der Waals surface area (Å²) < 4.78 is 5.07. The summed E-state index contributed by atoms with van der Waals surface area (Å²) in [5, 5.41) is 13.6. The van der Waals surface area contributed by atoms with E-state index in [1.54, 1.807) is 37.3 Å². The molecule has 144 valence electrons. The van der Waals surface area contributed by atoms with Crippen LogP contribution in [0.3, 0.4) is 0 Å². The zero-order chi connectivity index (χ0) is 20.3. The zero-order valence-electron chi connectivity index (χ0n) is 14.8. The number of para-hydroxylation sites is 2. The Bertz CT molecular complexity index is 1090. The number of phenols is 1. The number of aromatic amines is 1. The van der Waals surface area contributed by atoms with Gasteiger partial charge in [-0.15, -0.1) is 0 Å². The third-order valence-corrected chi connectivity index (χ3v) is 4.41. The average molecular weight is 419 g/mol. The number of hydrogen-bond donors (Lipinski definition) is 3. The fourth-order valence-corrected chi connectivity index (χ4v) is 3.31. The number of phenolic OH excluding ortho intramolecular Hbond substituents is 1. The summed E-state index contributed by atoms with van der Waals surface area (Å²) in [5.41, 5.74) is 1.38. The first-order valence-corrected chi connectivity index (χ1v) is 9.11. The number of aromatic nitrogens is 1. The van der Waals surface area contributed by atoms with E-state index in [-0.39, 0.29) is 23.7 Å². The van der Waals surface area contributed by atoms with Gasteiger partial charge in [-0.2, -0.15) is 0 Å². The van der Waals surface area contributed by atoms with Crippen molar-refractivity contribution in [1.29, 1.82) is 0 Å². The molecule has 3 N–H and O–H groups in total. The topological polar surface area (TPSA) is 91.4 Å². The van der Waals surface area contributed by atoms with Gasteiger partial charge in [-0.05, 0) is 37.3 Å². The van der Waals surface area contributed by atoms with Crippen molar-refractivity contribution in [3.05, 3.63) is 63.8 Å². The molecule has 0 aliphatic carbocycles. The molecule has 0 aliphatic rings. The van der Waals surface area contributed by atoms with Gasteiger partial charge in [0, 0.05) is 27.6 Å². The fourth-order valence-electron chi connectivity index (χ4n) is 2.72. The number of ether oxygens (including phenoxy) is 1. The number of fused-ring (bicyclic) bond motifs is 1. The van der Waals surface area contributed by atoms with Gasteiger partial charge in [0.2, 0.25) is 5.91 Å². The molecule has 3 aromatic rings. The summed E-state index contributed by atoms with van der Waals surface area (Å²) in [6.45, 7) is 1.89. The molecule has 3 rings (SSSR count). The lowest BCUT2D eigenvalue weighted by Gasteiger charge is -2.04. The minimum absolute atomic E-state index is 0.0544. The lowest BCUT2D eigenvalue weighted by Crippen LogP contribution is -2.09. The number of aromatic hydroxyl groups is 1.